The quantitative estimate of drug-likeness (QED) is 0.804. The predicted octanol–water partition coefficient (Wildman–Crippen LogP) is 3.16. The number of hydrogen-bond donors (Lipinski definition) is 1. The summed E-state index contributed by atoms with van der Waals surface area (Å²) in [6.07, 6.45) is 2.67. The van der Waals surface area contributed by atoms with Gasteiger partial charge in [-0.05, 0) is 24.3 Å². The number of aromatic nitrogens is 2. The average molecular weight is 295 g/mol. The second kappa shape index (κ2) is 5.89. The molecule has 22 heavy (non-hydrogen) atoms. The Balaban J connectivity index is 1.99. The zero-order valence-corrected chi connectivity index (χ0v) is 12.5. The molecule has 0 bridgehead atoms. The van der Waals surface area contributed by atoms with Crippen LogP contribution in [0.1, 0.15) is 23.2 Å². The van der Waals surface area contributed by atoms with Crippen LogP contribution in [0.15, 0.2) is 48.7 Å². The molecule has 0 aliphatic heterocycles. The van der Waals surface area contributed by atoms with E-state index in [0.29, 0.717) is 17.1 Å². The molecule has 0 fully saturated rings. The molecule has 0 spiro atoms. The monoisotopic (exact) mass is 295 g/mol. The number of nitrogens with one attached hydrogen (secondary N) is 1. The number of methoxy groups -OCH3 is 1. The van der Waals surface area contributed by atoms with E-state index < -0.39 is 0 Å². The molecule has 0 unspecified atom stereocenters. The number of fused-ring (bicyclic) bond motifs is 1. The van der Waals surface area contributed by atoms with Crippen LogP contribution in [-0.4, -0.2) is 22.4 Å². The summed E-state index contributed by atoms with van der Waals surface area (Å²) in [5.74, 6) is 1.24. The Morgan fingerprint density at radius 2 is 2.00 bits per heavy atom. The largest absolute Gasteiger partial charge is 0.495 e. The smallest absolute Gasteiger partial charge is 0.276 e. The Morgan fingerprint density at radius 1 is 1.23 bits per heavy atom. The van der Waals surface area contributed by atoms with Gasteiger partial charge in [0, 0.05) is 12.6 Å². The molecule has 0 saturated heterocycles. The van der Waals surface area contributed by atoms with Crippen LogP contribution >= 0.6 is 0 Å². The molecule has 2 aromatic heterocycles. The predicted molar refractivity (Wildman–Crippen MR) is 85.5 cm³/mol. The van der Waals surface area contributed by atoms with Crippen LogP contribution in [0.4, 0.5) is 5.69 Å². The number of ether oxygens (including phenoxy) is 1. The first kappa shape index (κ1) is 14.1. The third-order valence-electron chi connectivity index (χ3n) is 3.51. The Hall–Kier alpha value is -2.82. The Labute approximate surface area is 128 Å². The highest BCUT2D eigenvalue weighted by atomic mass is 16.5. The van der Waals surface area contributed by atoms with Gasteiger partial charge in [0.1, 0.15) is 11.6 Å². The number of imidazole rings is 1. The van der Waals surface area contributed by atoms with E-state index in [9.17, 15) is 4.79 Å². The molecule has 1 aromatic carbocycles. The van der Waals surface area contributed by atoms with Crippen LogP contribution in [-0.2, 0) is 6.42 Å². The van der Waals surface area contributed by atoms with E-state index in [-0.39, 0.29) is 5.91 Å². The number of para-hydroxylation sites is 2. The Morgan fingerprint density at radius 3 is 2.77 bits per heavy atom. The third kappa shape index (κ3) is 2.41. The number of pyridine rings is 1. The number of carbonyl (C=O) groups is 1. The van der Waals surface area contributed by atoms with Crippen LogP contribution in [0.2, 0.25) is 0 Å². The van der Waals surface area contributed by atoms with Crippen molar-refractivity contribution in [2.75, 3.05) is 12.4 Å². The number of anilines is 1. The summed E-state index contributed by atoms with van der Waals surface area (Å²) in [7, 11) is 1.58. The molecule has 0 aliphatic rings. The molecule has 3 rings (SSSR count). The highest BCUT2D eigenvalue weighted by Crippen LogP contribution is 2.24. The van der Waals surface area contributed by atoms with Gasteiger partial charge in [-0.1, -0.05) is 25.1 Å². The lowest BCUT2D eigenvalue weighted by Crippen LogP contribution is -2.13. The summed E-state index contributed by atoms with van der Waals surface area (Å²) in [6.45, 7) is 2.02. The van der Waals surface area contributed by atoms with Gasteiger partial charge in [0.25, 0.3) is 5.91 Å². The first-order valence-corrected chi connectivity index (χ1v) is 7.15. The van der Waals surface area contributed by atoms with Crippen molar-refractivity contribution in [1.29, 1.82) is 0 Å². The third-order valence-corrected chi connectivity index (χ3v) is 3.51. The van der Waals surface area contributed by atoms with Gasteiger partial charge in [-0.2, -0.15) is 0 Å². The first-order valence-electron chi connectivity index (χ1n) is 7.15. The molecule has 112 valence electrons. The van der Waals surface area contributed by atoms with E-state index in [2.05, 4.69) is 10.3 Å². The minimum Gasteiger partial charge on any atom is -0.495 e. The molecule has 5 heteroatoms. The van der Waals surface area contributed by atoms with Crippen LogP contribution < -0.4 is 10.1 Å². The van der Waals surface area contributed by atoms with E-state index >= 15 is 0 Å². The molecular formula is C17H17N3O2. The summed E-state index contributed by atoms with van der Waals surface area (Å²) in [6, 6.07) is 13.0. The molecule has 0 radical (unpaired) electrons. The molecular weight excluding hydrogens is 278 g/mol. The van der Waals surface area contributed by atoms with Crippen molar-refractivity contribution in [2.24, 2.45) is 0 Å². The fraction of sp³-hybridized carbons (Fsp3) is 0.176. The second-order valence-corrected chi connectivity index (χ2v) is 4.84. The van der Waals surface area contributed by atoms with Crippen LogP contribution in [0, 0.1) is 0 Å². The molecule has 1 amide bonds. The molecule has 2 heterocycles. The van der Waals surface area contributed by atoms with Gasteiger partial charge in [0.15, 0.2) is 5.69 Å². The van der Waals surface area contributed by atoms with Crippen LogP contribution in [0.5, 0.6) is 5.75 Å². The van der Waals surface area contributed by atoms with E-state index in [1.807, 2.05) is 47.9 Å². The number of nitrogens with zero attached hydrogens (tertiary/aromatic N) is 2. The topological polar surface area (TPSA) is 55.6 Å². The Kier molecular flexibility index (Phi) is 3.78. The second-order valence-electron chi connectivity index (χ2n) is 4.84. The van der Waals surface area contributed by atoms with Gasteiger partial charge in [0.2, 0.25) is 0 Å². The van der Waals surface area contributed by atoms with Gasteiger partial charge in [-0.15, -0.1) is 0 Å². The number of carbonyl (C=O) groups excluding carboxylic acids is 1. The Bertz CT molecular complexity index is 824. The van der Waals surface area contributed by atoms with E-state index in [0.717, 1.165) is 17.8 Å². The highest BCUT2D eigenvalue weighted by molar-refractivity contribution is 6.08. The minimum absolute atomic E-state index is 0.243. The maximum absolute atomic E-state index is 12.6. The van der Waals surface area contributed by atoms with E-state index in [1.165, 1.54) is 0 Å². The van der Waals surface area contributed by atoms with Crippen molar-refractivity contribution in [3.8, 4) is 5.75 Å². The summed E-state index contributed by atoms with van der Waals surface area (Å²) in [5, 5.41) is 2.87. The summed E-state index contributed by atoms with van der Waals surface area (Å²) >= 11 is 0. The van der Waals surface area contributed by atoms with Crippen molar-refractivity contribution in [3.63, 3.8) is 0 Å². The number of aryl methyl sites for hydroxylation is 1. The zero-order valence-electron chi connectivity index (χ0n) is 12.5. The fourth-order valence-corrected chi connectivity index (χ4v) is 2.45. The van der Waals surface area contributed by atoms with Crippen molar-refractivity contribution < 1.29 is 9.53 Å². The van der Waals surface area contributed by atoms with Crippen molar-refractivity contribution in [2.45, 2.75) is 13.3 Å². The SMILES string of the molecule is CCc1nc(C(=O)Nc2ccccc2OC)c2ccccn12. The van der Waals surface area contributed by atoms with Crippen molar-refractivity contribution in [1.82, 2.24) is 9.38 Å². The summed E-state index contributed by atoms with van der Waals surface area (Å²) in [5.41, 5.74) is 1.85. The van der Waals surface area contributed by atoms with Gasteiger partial charge in [-0.3, -0.25) is 4.79 Å². The normalized spacial score (nSPS) is 10.6. The van der Waals surface area contributed by atoms with Crippen LogP contribution in [0.25, 0.3) is 5.52 Å². The van der Waals surface area contributed by atoms with Gasteiger partial charge < -0.3 is 14.5 Å². The van der Waals surface area contributed by atoms with E-state index in [4.69, 9.17) is 4.74 Å². The lowest BCUT2D eigenvalue weighted by atomic mass is 10.2. The average Bonchev–Trinajstić information content (AvgIpc) is 2.94. The maximum Gasteiger partial charge on any atom is 0.276 e. The number of hydrogen-bond acceptors (Lipinski definition) is 3. The first-order chi connectivity index (χ1) is 10.7. The summed E-state index contributed by atoms with van der Waals surface area (Å²) < 4.78 is 7.20. The lowest BCUT2D eigenvalue weighted by Gasteiger charge is -2.08. The van der Waals surface area contributed by atoms with Gasteiger partial charge in [-0.25, -0.2) is 4.98 Å². The number of benzene rings is 1. The van der Waals surface area contributed by atoms with Crippen molar-refractivity contribution >= 4 is 17.1 Å². The molecule has 5 nitrogen and oxygen atoms in total. The van der Waals surface area contributed by atoms with Gasteiger partial charge >= 0.3 is 0 Å². The standard InChI is InChI=1S/C17H17N3O2/c1-3-15-19-16(13-9-6-7-11-20(13)15)17(21)18-12-8-4-5-10-14(12)22-2/h4-11H,3H2,1-2H3,(H,18,21). The van der Waals surface area contributed by atoms with Crippen molar-refractivity contribution in [3.05, 3.63) is 60.2 Å². The van der Waals surface area contributed by atoms with Gasteiger partial charge in [0.05, 0.1) is 18.3 Å². The van der Waals surface area contributed by atoms with Crippen LogP contribution in [0.3, 0.4) is 0 Å². The molecule has 1 N–H and O–H groups in total. The lowest BCUT2D eigenvalue weighted by molar-refractivity contribution is 0.102. The molecule has 0 aliphatic carbocycles. The highest BCUT2D eigenvalue weighted by Gasteiger charge is 2.17. The van der Waals surface area contributed by atoms with E-state index in [1.54, 1.807) is 19.2 Å². The zero-order chi connectivity index (χ0) is 15.5. The minimum atomic E-state index is -0.243. The number of amides is 1. The fourth-order valence-electron chi connectivity index (χ4n) is 2.45. The maximum atomic E-state index is 12.6. The summed E-state index contributed by atoms with van der Waals surface area (Å²) in [4.78, 5) is 17.1. The molecule has 0 atom stereocenters. The molecule has 3 aromatic rings. The number of rotatable bonds is 4. The molecule has 0 saturated carbocycles.